The van der Waals surface area contributed by atoms with Crippen molar-refractivity contribution in [1.29, 1.82) is 0 Å². The van der Waals surface area contributed by atoms with Crippen molar-refractivity contribution >= 4 is 40.2 Å². The number of carbonyl (C=O) groups excluding carboxylic acids is 1. The molecule has 3 aromatic carbocycles. The smallest absolute Gasteiger partial charge is 0.335 e. The molecule has 5 rings (SSSR count). The number of nitrogens with zero attached hydrogens (tertiary/aromatic N) is 3. The Bertz CT molecular complexity index is 1700. The average Bonchev–Trinajstić information content (AvgIpc) is 3.53. The molecule has 40 heavy (non-hydrogen) atoms. The van der Waals surface area contributed by atoms with E-state index in [9.17, 15) is 9.59 Å². The van der Waals surface area contributed by atoms with E-state index < -0.39 is 5.97 Å². The van der Waals surface area contributed by atoms with Gasteiger partial charge in [0.25, 0.3) is 5.91 Å². The highest BCUT2D eigenvalue weighted by molar-refractivity contribution is 7.14. The number of nitrogens with one attached hydrogen (secondary N) is 2. The molecule has 0 atom stereocenters. The zero-order valence-electron chi connectivity index (χ0n) is 22.2. The lowest BCUT2D eigenvalue weighted by atomic mass is 10.1. The fourth-order valence-corrected chi connectivity index (χ4v) is 5.05. The van der Waals surface area contributed by atoms with Gasteiger partial charge in [-0.25, -0.2) is 15.2 Å². The van der Waals surface area contributed by atoms with E-state index in [1.165, 1.54) is 16.9 Å². The molecule has 2 heterocycles. The summed E-state index contributed by atoms with van der Waals surface area (Å²) >= 11 is 1.52. The lowest BCUT2D eigenvalue weighted by Gasteiger charge is -2.09. The third-order valence-electron chi connectivity index (χ3n) is 6.46. The minimum Gasteiger partial charge on any atom is -0.478 e. The SMILES string of the molecule is Cc1ccc(Nc2nc(-c3ccc(C(=O)N/N=C\c4cc(C)n(-c5ccc(C(=O)O)cc5)c4C)cc3)cs2)cc1. The number of aryl methyl sites for hydroxylation is 2. The van der Waals surface area contributed by atoms with Gasteiger partial charge in [0.15, 0.2) is 5.13 Å². The van der Waals surface area contributed by atoms with Crippen LogP contribution in [0.3, 0.4) is 0 Å². The van der Waals surface area contributed by atoms with E-state index in [1.807, 2.05) is 66.3 Å². The molecule has 9 heteroatoms. The Labute approximate surface area is 235 Å². The van der Waals surface area contributed by atoms with Gasteiger partial charge in [-0.1, -0.05) is 29.8 Å². The Kier molecular flexibility index (Phi) is 7.56. The molecule has 200 valence electrons. The number of aromatic nitrogens is 2. The minimum atomic E-state index is -0.964. The lowest BCUT2D eigenvalue weighted by Crippen LogP contribution is -2.17. The van der Waals surface area contributed by atoms with Crippen molar-refractivity contribution in [1.82, 2.24) is 15.0 Å². The second-order valence-electron chi connectivity index (χ2n) is 9.32. The number of aromatic carboxylic acids is 1. The number of benzene rings is 3. The molecule has 0 bridgehead atoms. The number of thiazole rings is 1. The fourth-order valence-electron chi connectivity index (χ4n) is 4.31. The second kappa shape index (κ2) is 11.4. The van der Waals surface area contributed by atoms with Crippen LogP contribution in [0.2, 0.25) is 0 Å². The van der Waals surface area contributed by atoms with E-state index in [-0.39, 0.29) is 11.5 Å². The topological polar surface area (TPSA) is 109 Å². The molecule has 0 spiro atoms. The summed E-state index contributed by atoms with van der Waals surface area (Å²) in [4.78, 5) is 28.5. The van der Waals surface area contributed by atoms with Gasteiger partial charge < -0.3 is 15.0 Å². The first-order valence-electron chi connectivity index (χ1n) is 12.5. The predicted octanol–water partition coefficient (Wildman–Crippen LogP) is 6.73. The van der Waals surface area contributed by atoms with Gasteiger partial charge in [-0.15, -0.1) is 11.3 Å². The van der Waals surface area contributed by atoms with Gasteiger partial charge in [0.2, 0.25) is 0 Å². The molecular weight excluding hydrogens is 522 g/mol. The van der Waals surface area contributed by atoms with E-state index in [1.54, 1.807) is 42.6 Å². The third-order valence-corrected chi connectivity index (χ3v) is 7.22. The van der Waals surface area contributed by atoms with Crippen LogP contribution in [0.15, 0.2) is 89.3 Å². The van der Waals surface area contributed by atoms with Crippen molar-refractivity contribution in [2.75, 3.05) is 5.32 Å². The van der Waals surface area contributed by atoms with Crippen LogP contribution in [0.4, 0.5) is 10.8 Å². The first-order valence-corrected chi connectivity index (χ1v) is 13.4. The first kappa shape index (κ1) is 26.6. The van der Waals surface area contributed by atoms with Crippen LogP contribution in [0, 0.1) is 20.8 Å². The summed E-state index contributed by atoms with van der Waals surface area (Å²) in [7, 11) is 0. The predicted molar refractivity (Wildman–Crippen MR) is 159 cm³/mol. The molecule has 0 unspecified atom stereocenters. The van der Waals surface area contributed by atoms with Gasteiger partial charge in [-0.3, -0.25) is 4.79 Å². The van der Waals surface area contributed by atoms with Crippen LogP contribution in [-0.4, -0.2) is 32.7 Å². The van der Waals surface area contributed by atoms with Crippen molar-refractivity contribution < 1.29 is 14.7 Å². The Hall–Kier alpha value is -5.02. The number of hydrogen-bond acceptors (Lipinski definition) is 6. The second-order valence-corrected chi connectivity index (χ2v) is 10.2. The largest absolute Gasteiger partial charge is 0.478 e. The molecule has 3 N–H and O–H groups in total. The molecule has 0 aliphatic carbocycles. The van der Waals surface area contributed by atoms with Crippen LogP contribution in [-0.2, 0) is 0 Å². The van der Waals surface area contributed by atoms with Crippen molar-refractivity contribution in [3.8, 4) is 16.9 Å². The number of carbonyl (C=O) groups is 2. The third kappa shape index (κ3) is 5.84. The molecule has 0 saturated heterocycles. The monoisotopic (exact) mass is 549 g/mol. The highest BCUT2D eigenvalue weighted by Crippen LogP contribution is 2.27. The first-order chi connectivity index (χ1) is 19.3. The molecule has 8 nitrogen and oxygen atoms in total. The van der Waals surface area contributed by atoms with Crippen LogP contribution in [0.5, 0.6) is 0 Å². The minimum absolute atomic E-state index is 0.232. The van der Waals surface area contributed by atoms with Crippen LogP contribution < -0.4 is 10.7 Å². The highest BCUT2D eigenvalue weighted by Gasteiger charge is 2.12. The number of anilines is 2. The summed E-state index contributed by atoms with van der Waals surface area (Å²) < 4.78 is 2.01. The van der Waals surface area contributed by atoms with Crippen molar-refractivity contribution in [3.05, 3.63) is 118 Å². The summed E-state index contributed by atoms with van der Waals surface area (Å²) in [5.41, 5.74) is 10.8. The van der Waals surface area contributed by atoms with E-state index in [2.05, 4.69) is 27.8 Å². The zero-order chi connectivity index (χ0) is 28.2. The maximum Gasteiger partial charge on any atom is 0.335 e. The van der Waals surface area contributed by atoms with Gasteiger partial charge in [0, 0.05) is 44.8 Å². The normalized spacial score (nSPS) is 11.1. The van der Waals surface area contributed by atoms with Gasteiger partial charge in [-0.05, 0) is 75.4 Å². The van der Waals surface area contributed by atoms with Gasteiger partial charge in [-0.2, -0.15) is 5.10 Å². The van der Waals surface area contributed by atoms with E-state index >= 15 is 0 Å². The Morgan fingerprint density at radius 3 is 2.27 bits per heavy atom. The van der Waals surface area contributed by atoms with E-state index in [0.717, 1.165) is 44.7 Å². The molecule has 0 radical (unpaired) electrons. The molecule has 0 fully saturated rings. The maximum absolute atomic E-state index is 12.7. The van der Waals surface area contributed by atoms with E-state index in [0.29, 0.717) is 5.56 Å². The number of carboxylic acids is 1. The van der Waals surface area contributed by atoms with Crippen molar-refractivity contribution in [3.63, 3.8) is 0 Å². The molecule has 0 aliphatic heterocycles. The Morgan fingerprint density at radius 2 is 1.60 bits per heavy atom. The summed E-state index contributed by atoms with van der Waals surface area (Å²) in [5, 5.41) is 19.4. The molecule has 1 amide bonds. The Morgan fingerprint density at radius 1 is 0.925 bits per heavy atom. The number of hydrazone groups is 1. The summed E-state index contributed by atoms with van der Waals surface area (Å²) in [5.74, 6) is -1.28. The van der Waals surface area contributed by atoms with Crippen LogP contribution >= 0.6 is 11.3 Å². The average molecular weight is 550 g/mol. The molecule has 0 aliphatic rings. The van der Waals surface area contributed by atoms with Crippen molar-refractivity contribution in [2.24, 2.45) is 5.10 Å². The van der Waals surface area contributed by atoms with Crippen LogP contribution in [0.1, 0.15) is 43.2 Å². The number of carboxylic acid groups (broad SMARTS) is 1. The lowest BCUT2D eigenvalue weighted by molar-refractivity contribution is 0.0696. The molecule has 5 aromatic rings. The Balaban J connectivity index is 1.22. The van der Waals surface area contributed by atoms with Gasteiger partial charge in [0.05, 0.1) is 17.5 Å². The van der Waals surface area contributed by atoms with Gasteiger partial charge >= 0.3 is 5.97 Å². The zero-order valence-corrected chi connectivity index (χ0v) is 23.0. The standard InChI is InChI=1S/C31H27N5O3S/c1-19-4-12-26(13-5-19)33-31-34-28(18-40-31)22-6-8-23(9-7-22)29(37)35-32-17-25-16-20(2)36(21(25)3)27-14-10-24(11-15-27)30(38)39/h4-18H,1-3H3,(H,33,34)(H,35,37)(H,38,39)/b32-17-. The fraction of sp³-hybridized carbons (Fsp3) is 0.0968. The van der Waals surface area contributed by atoms with E-state index in [4.69, 9.17) is 5.11 Å². The highest BCUT2D eigenvalue weighted by atomic mass is 32.1. The number of amides is 1. The van der Waals surface area contributed by atoms with Crippen LogP contribution in [0.25, 0.3) is 16.9 Å². The summed E-state index contributed by atoms with van der Waals surface area (Å²) in [6, 6.07) is 24.0. The number of rotatable bonds is 8. The summed E-state index contributed by atoms with van der Waals surface area (Å²) in [6.45, 7) is 5.95. The molecule has 0 saturated carbocycles. The summed E-state index contributed by atoms with van der Waals surface area (Å²) in [6.07, 6.45) is 1.61. The maximum atomic E-state index is 12.7. The quantitative estimate of drug-likeness (QED) is 0.147. The molecule has 2 aromatic heterocycles. The van der Waals surface area contributed by atoms with Crippen molar-refractivity contribution in [2.45, 2.75) is 20.8 Å². The molecular formula is C31H27N5O3S. The van der Waals surface area contributed by atoms with Gasteiger partial charge in [0.1, 0.15) is 0 Å². The number of hydrogen-bond donors (Lipinski definition) is 3.